The van der Waals surface area contributed by atoms with Crippen LogP contribution in [0, 0.1) is 0 Å². The predicted molar refractivity (Wildman–Crippen MR) is 98.8 cm³/mol. The molecule has 0 aliphatic carbocycles. The Morgan fingerprint density at radius 3 is 2.76 bits per heavy atom. The molecule has 0 bridgehead atoms. The van der Waals surface area contributed by atoms with E-state index in [2.05, 4.69) is 17.4 Å². The lowest BCUT2D eigenvalue weighted by Crippen LogP contribution is -2.33. The molecule has 1 amide bonds. The largest absolute Gasteiger partial charge is 0.497 e. The minimum atomic E-state index is 0.0130. The number of carbonyl (C=O) groups excluding carboxylic acids is 1. The highest BCUT2D eigenvalue weighted by molar-refractivity contribution is 5.88. The number of rotatable bonds is 7. The minimum absolute atomic E-state index is 0.0130. The van der Waals surface area contributed by atoms with Gasteiger partial charge >= 0.3 is 0 Å². The molecule has 0 aliphatic heterocycles. The van der Waals surface area contributed by atoms with Crippen LogP contribution in [0.2, 0.25) is 0 Å². The lowest BCUT2D eigenvalue weighted by Gasteiger charge is -2.13. The van der Waals surface area contributed by atoms with Crippen molar-refractivity contribution in [3.05, 3.63) is 65.9 Å². The van der Waals surface area contributed by atoms with Crippen molar-refractivity contribution in [2.45, 2.75) is 32.2 Å². The first-order valence-corrected chi connectivity index (χ1v) is 8.53. The number of benzene rings is 2. The maximum atomic E-state index is 12.3. The van der Waals surface area contributed by atoms with E-state index in [1.54, 1.807) is 13.4 Å². The van der Waals surface area contributed by atoms with Crippen LogP contribution in [0.4, 0.5) is 0 Å². The molecule has 0 aliphatic rings. The van der Waals surface area contributed by atoms with Crippen molar-refractivity contribution < 1.29 is 13.9 Å². The Kier molecular flexibility index (Phi) is 5.39. The van der Waals surface area contributed by atoms with Crippen molar-refractivity contribution in [2.75, 3.05) is 7.11 Å². The van der Waals surface area contributed by atoms with E-state index in [1.165, 1.54) is 5.56 Å². The molecule has 4 heteroatoms. The van der Waals surface area contributed by atoms with Gasteiger partial charge in [-0.05, 0) is 37.5 Å². The van der Waals surface area contributed by atoms with E-state index in [0.717, 1.165) is 35.1 Å². The number of carbonyl (C=O) groups is 1. The number of amides is 1. The molecule has 0 unspecified atom stereocenters. The molecule has 1 aromatic heterocycles. The van der Waals surface area contributed by atoms with E-state index < -0.39 is 0 Å². The fourth-order valence-corrected chi connectivity index (χ4v) is 2.93. The van der Waals surface area contributed by atoms with Gasteiger partial charge in [0.15, 0.2) is 0 Å². The number of ether oxygens (including phenoxy) is 1. The molecule has 2 aromatic carbocycles. The number of nitrogens with one attached hydrogen (secondary N) is 1. The summed E-state index contributed by atoms with van der Waals surface area (Å²) in [5.41, 5.74) is 2.92. The Hall–Kier alpha value is -2.75. The highest BCUT2D eigenvalue weighted by Gasteiger charge is 2.13. The Bertz CT molecular complexity index is 839. The summed E-state index contributed by atoms with van der Waals surface area (Å²) in [5, 5.41) is 4.02. The van der Waals surface area contributed by atoms with Gasteiger partial charge in [-0.3, -0.25) is 4.79 Å². The van der Waals surface area contributed by atoms with Crippen molar-refractivity contribution in [1.82, 2.24) is 5.32 Å². The zero-order valence-electron chi connectivity index (χ0n) is 14.6. The first-order valence-electron chi connectivity index (χ1n) is 8.53. The zero-order chi connectivity index (χ0) is 17.6. The van der Waals surface area contributed by atoms with Crippen LogP contribution in [0.3, 0.4) is 0 Å². The molecular formula is C21H23NO3. The SMILES string of the molecule is COc1ccc2c(CC(=O)N[C@H](C)CCc3ccccc3)coc2c1. The molecule has 1 N–H and O–H groups in total. The Labute approximate surface area is 147 Å². The first-order chi connectivity index (χ1) is 12.2. The van der Waals surface area contributed by atoms with Crippen LogP contribution in [0.5, 0.6) is 5.75 Å². The second-order valence-electron chi connectivity index (χ2n) is 6.29. The molecule has 0 saturated heterocycles. The average molecular weight is 337 g/mol. The maximum Gasteiger partial charge on any atom is 0.224 e. The van der Waals surface area contributed by atoms with Gasteiger partial charge in [0.1, 0.15) is 11.3 Å². The van der Waals surface area contributed by atoms with Gasteiger partial charge < -0.3 is 14.5 Å². The molecule has 1 heterocycles. The fraction of sp³-hybridized carbons (Fsp3) is 0.286. The van der Waals surface area contributed by atoms with Crippen LogP contribution < -0.4 is 10.1 Å². The molecular weight excluding hydrogens is 314 g/mol. The summed E-state index contributed by atoms with van der Waals surface area (Å²) >= 11 is 0. The van der Waals surface area contributed by atoms with Gasteiger partial charge in [0.05, 0.1) is 19.8 Å². The number of hydrogen-bond donors (Lipinski definition) is 1. The second kappa shape index (κ2) is 7.88. The van der Waals surface area contributed by atoms with Crippen molar-refractivity contribution >= 4 is 16.9 Å². The molecule has 0 fully saturated rings. The van der Waals surface area contributed by atoms with Crippen LogP contribution in [0.1, 0.15) is 24.5 Å². The summed E-state index contributed by atoms with van der Waals surface area (Å²) in [6.45, 7) is 2.04. The van der Waals surface area contributed by atoms with E-state index in [1.807, 2.05) is 43.3 Å². The second-order valence-corrected chi connectivity index (χ2v) is 6.29. The van der Waals surface area contributed by atoms with Crippen LogP contribution in [0.25, 0.3) is 11.0 Å². The Morgan fingerprint density at radius 1 is 1.20 bits per heavy atom. The van der Waals surface area contributed by atoms with Crippen LogP contribution in [0.15, 0.2) is 59.2 Å². The third-order valence-corrected chi connectivity index (χ3v) is 4.33. The number of aryl methyl sites for hydroxylation is 1. The highest BCUT2D eigenvalue weighted by atomic mass is 16.5. The Balaban J connectivity index is 1.55. The van der Waals surface area contributed by atoms with E-state index in [4.69, 9.17) is 9.15 Å². The lowest BCUT2D eigenvalue weighted by atomic mass is 10.1. The number of fused-ring (bicyclic) bond motifs is 1. The Morgan fingerprint density at radius 2 is 2.00 bits per heavy atom. The summed E-state index contributed by atoms with van der Waals surface area (Å²) in [6.07, 6.45) is 3.84. The van der Waals surface area contributed by atoms with Crippen LogP contribution in [-0.2, 0) is 17.6 Å². The van der Waals surface area contributed by atoms with Gasteiger partial charge in [0.25, 0.3) is 0 Å². The third-order valence-electron chi connectivity index (χ3n) is 4.33. The van der Waals surface area contributed by atoms with Crippen molar-refractivity contribution in [3.63, 3.8) is 0 Å². The number of furan rings is 1. The third kappa shape index (κ3) is 4.41. The predicted octanol–water partition coefficient (Wildman–Crippen LogP) is 4.12. The minimum Gasteiger partial charge on any atom is -0.497 e. The summed E-state index contributed by atoms with van der Waals surface area (Å²) in [6, 6.07) is 16.1. The van der Waals surface area contributed by atoms with Gasteiger partial charge in [-0.25, -0.2) is 0 Å². The van der Waals surface area contributed by atoms with Gasteiger partial charge in [-0.15, -0.1) is 0 Å². The standard InChI is InChI=1S/C21H23NO3/c1-15(8-9-16-6-4-3-5-7-16)22-21(23)12-17-14-25-20-13-18(24-2)10-11-19(17)20/h3-7,10-11,13-15H,8-9,12H2,1-2H3,(H,22,23)/t15-/m1/s1. The summed E-state index contributed by atoms with van der Waals surface area (Å²) in [5.74, 6) is 0.756. The van der Waals surface area contributed by atoms with E-state index >= 15 is 0 Å². The summed E-state index contributed by atoms with van der Waals surface area (Å²) in [7, 11) is 1.62. The lowest BCUT2D eigenvalue weighted by molar-refractivity contribution is -0.121. The smallest absolute Gasteiger partial charge is 0.224 e. The molecule has 1 atom stereocenters. The van der Waals surface area contributed by atoms with Gasteiger partial charge in [0, 0.05) is 23.1 Å². The van der Waals surface area contributed by atoms with E-state index in [-0.39, 0.29) is 11.9 Å². The van der Waals surface area contributed by atoms with E-state index in [0.29, 0.717) is 6.42 Å². The van der Waals surface area contributed by atoms with E-state index in [9.17, 15) is 4.79 Å². The molecule has 0 radical (unpaired) electrons. The quantitative estimate of drug-likeness (QED) is 0.705. The van der Waals surface area contributed by atoms with Crippen molar-refractivity contribution in [2.24, 2.45) is 0 Å². The molecule has 3 aromatic rings. The fourth-order valence-electron chi connectivity index (χ4n) is 2.93. The normalized spacial score (nSPS) is 12.1. The zero-order valence-corrected chi connectivity index (χ0v) is 14.6. The monoisotopic (exact) mass is 337 g/mol. The first kappa shape index (κ1) is 17.1. The molecule has 0 spiro atoms. The molecule has 0 saturated carbocycles. The number of methoxy groups -OCH3 is 1. The maximum absolute atomic E-state index is 12.3. The topological polar surface area (TPSA) is 51.5 Å². The number of hydrogen-bond acceptors (Lipinski definition) is 3. The van der Waals surface area contributed by atoms with Gasteiger partial charge in [-0.2, -0.15) is 0 Å². The highest BCUT2D eigenvalue weighted by Crippen LogP contribution is 2.25. The van der Waals surface area contributed by atoms with Crippen LogP contribution in [-0.4, -0.2) is 19.1 Å². The molecule has 4 nitrogen and oxygen atoms in total. The molecule has 25 heavy (non-hydrogen) atoms. The summed E-state index contributed by atoms with van der Waals surface area (Å²) < 4.78 is 10.7. The summed E-state index contributed by atoms with van der Waals surface area (Å²) in [4.78, 5) is 12.3. The van der Waals surface area contributed by atoms with Crippen molar-refractivity contribution in [1.29, 1.82) is 0 Å². The molecule has 3 rings (SSSR count). The van der Waals surface area contributed by atoms with Crippen molar-refractivity contribution in [3.8, 4) is 5.75 Å². The van der Waals surface area contributed by atoms with Gasteiger partial charge in [-0.1, -0.05) is 30.3 Å². The van der Waals surface area contributed by atoms with Crippen LogP contribution >= 0.6 is 0 Å². The average Bonchev–Trinajstić information content (AvgIpc) is 3.02. The molecule has 130 valence electrons. The van der Waals surface area contributed by atoms with Gasteiger partial charge in [0.2, 0.25) is 5.91 Å².